The van der Waals surface area contributed by atoms with Gasteiger partial charge in [0.1, 0.15) is 5.60 Å². The van der Waals surface area contributed by atoms with Crippen LogP contribution in [0.25, 0.3) is 0 Å². The molecule has 1 aliphatic carbocycles. The number of carbonyl (C=O) groups excluding carboxylic acids is 1. The summed E-state index contributed by atoms with van der Waals surface area (Å²) in [6, 6.07) is 21.6. The van der Waals surface area contributed by atoms with Gasteiger partial charge in [-0.3, -0.25) is 9.69 Å². The molecule has 28 heavy (non-hydrogen) atoms. The van der Waals surface area contributed by atoms with Gasteiger partial charge in [0.15, 0.2) is 0 Å². The summed E-state index contributed by atoms with van der Waals surface area (Å²) in [6.07, 6.45) is 3.02. The smallest absolute Gasteiger partial charge is 0.311 e. The third-order valence-electron chi connectivity index (χ3n) is 5.60. The minimum absolute atomic E-state index is 0.0478. The van der Waals surface area contributed by atoms with Crippen molar-refractivity contribution in [3.8, 4) is 0 Å². The van der Waals surface area contributed by atoms with Gasteiger partial charge in [0, 0.05) is 18.6 Å². The molecule has 3 nitrogen and oxygen atoms in total. The number of esters is 1. The van der Waals surface area contributed by atoms with Crippen LogP contribution in [0.5, 0.6) is 0 Å². The van der Waals surface area contributed by atoms with Crippen LogP contribution in [0, 0.1) is 5.92 Å². The average molecular weight is 380 g/mol. The van der Waals surface area contributed by atoms with Crippen LogP contribution in [-0.4, -0.2) is 22.5 Å². The Hall–Kier alpha value is -2.13. The number of ether oxygens (including phenoxy) is 1. The first kappa shape index (κ1) is 20.6. The van der Waals surface area contributed by atoms with Crippen molar-refractivity contribution in [2.45, 2.75) is 71.2 Å². The summed E-state index contributed by atoms with van der Waals surface area (Å²) in [5.41, 5.74) is 2.12. The van der Waals surface area contributed by atoms with Gasteiger partial charge in [-0.05, 0) is 51.7 Å². The molecule has 1 saturated carbocycles. The third-order valence-corrected chi connectivity index (χ3v) is 5.60. The van der Waals surface area contributed by atoms with Crippen molar-refractivity contribution in [2.24, 2.45) is 5.92 Å². The van der Waals surface area contributed by atoms with Gasteiger partial charge in [-0.25, -0.2) is 0 Å². The van der Waals surface area contributed by atoms with E-state index in [9.17, 15) is 4.79 Å². The maximum atomic E-state index is 12.9. The van der Waals surface area contributed by atoms with Gasteiger partial charge in [-0.1, -0.05) is 67.1 Å². The predicted octanol–water partition coefficient (Wildman–Crippen LogP) is 5.76. The quantitative estimate of drug-likeness (QED) is 0.598. The molecule has 0 amide bonds. The topological polar surface area (TPSA) is 29.5 Å². The maximum Gasteiger partial charge on any atom is 0.311 e. The van der Waals surface area contributed by atoms with Gasteiger partial charge < -0.3 is 4.74 Å². The molecule has 2 aromatic rings. The van der Waals surface area contributed by atoms with Crippen LogP contribution in [0.3, 0.4) is 0 Å². The normalized spacial score (nSPS) is 20.9. The van der Waals surface area contributed by atoms with E-state index in [0.717, 1.165) is 25.8 Å². The summed E-state index contributed by atoms with van der Waals surface area (Å²) in [5, 5.41) is 0. The second-order valence-electron chi connectivity index (χ2n) is 8.88. The molecule has 1 fully saturated rings. The lowest BCUT2D eigenvalue weighted by molar-refractivity contribution is -0.162. The summed E-state index contributed by atoms with van der Waals surface area (Å²) in [4.78, 5) is 15.4. The largest absolute Gasteiger partial charge is 0.460 e. The molecule has 0 unspecified atom stereocenters. The lowest BCUT2D eigenvalue weighted by Crippen LogP contribution is -2.43. The van der Waals surface area contributed by atoms with Gasteiger partial charge in [0.2, 0.25) is 0 Å². The summed E-state index contributed by atoms with van der Waals surface area (Å²) in [5.74, 6) is -0.109. The lowest BCUT2D eigenvalue weighted by atomic mass is 9.96. The van der Waals surface area contributed by atoms with Crippen LogP contribution in [0.4, 0.5) is 0 Å². The molecule has 0 N–H and O–H groups in total. The van der Waals surface area contributed by atoms with E-state index < -0.39 is 5.60 Å². The van der Waals surface area contributed by atoms with E-state index in [0.29, 0.717) is 0 Å². The minimum atomic E-state index is -0.445. The van der Waals surface area contributed by atoms with E-state index >= 15 is 0 Å². The fraction of sp³-hybridized carbons (Fsp3) is 0.480. The van der Waals surface area contributed by atoms with Crippen LogP contribution in [0.15, 0.2) is 60.7 Å². The van der Waals surface area contributed by atoms with Gasteiger partial charge in [0.05, 0.1) is 5.92 Å². The second-order valence-corrected chi connectivity index (χ2v) is 8.88. The summed E-state index contributed by atoms with van der Waals surface area (Å²) < 4.78 is 5.77. The summed E-state index contributed by atoms with van der Waals surface area (Å²) >= 11 is 0. The molecule has 150 valence electrons. The van der Waals surface area contributed by atoms with Crippen molar-refractivity contribution in [1.82, 2.24) is 4.90 Å². The zero-order valence-electron chi connectivity index (χ0n) is 17.6. The van der Waals surface area contributed by atoms with E-state index in [1.54, 1.807) is 0 Å². The molecule has 3 atom stereocenters. The molecule has 0 aliphatic heterocycles. The van der Waals surface area contributed by atoms with E-state index in [2.05, 4.69) is 66.4 Å². The highest BCUT2D eigenvalue weighted by atomic mass is 16.6. The standard InChI is InChI=1S/C25H33NO2/c1-19(21-14-9-6-10-15-21)26(18-20-12-7-5-8-13-20)23-17-11-16-22(23)24(27)28-25(2,3)4/h5-10,12-15,19,22-23H,11,16-18H2,1-4H3/t19-,22-,23-/m0/s1. The number of rotatable bonds is 6. The number of carbonyl (C=O) groups is 1. The van der Waals surface area contributed by atoms with Gasteiger partial charge in [-0.15, -0.1) is 0 Å². The highest BCUT2D eigenvalue weighted by Crippen LogP contribution is 2.37. The van der Waals surface area contributed by atoms with Gasteiger partial charge >= 0.3 is 5.97 Å². The zero-order valence-corrected chi connectivity index (χ0v) is 17.6. The first-order chi connectivity index (χ1) is 13.3. The Labute approximate surface area is 169 Å². The van der Waals surface area contributed by atoms with E-state index in [-0.39, 0.29) is 24.0 Å². The van der Waals surface area contributed by atoms with Crippen molar-refractivity contribution in [2.75, 3.05) is 0 Å². The van der Waals surface area contributed by atoms with Crippen molar-refractivity contribution < 1.29 is 9.53 Å². The van der Waals surface area contributed by atoms with Gasteiger partial charge in [-0.2, -0.15) is 0 Å². The molecule has 0 saturated heterocycles. The Morgan fingerprint density at radius 1 is 1.04 bits per heavy atom. The maximum absolute atomic E-state index is 12.9. The first-order valence-corrected chi connectivity index (χ1v) is 10.4. The zero-order chi connectivity index (χ0) is 20.1. The van der Waals surface area contributed by atoms with Crippen molar-refractivity contribution in [1.29, 1.82) is 0 Å². The van der Waals surface area contributed by atoms with Crippen LogP contribution < -0.4 is 0 Å². The molecular formula is C25H33NO2. The molecule has 3 rings (SSSR count). The van der Waals surface area contributed by atoms with E-state index in [1.165, 1.54) is 11.1 Å². The van der Waals surface area contributed by atoms with Crippen molar-refractivity contribution in [3.63, 3.8) is 0 Å². The molecule has 0 radical (unpaired) electrons. The number of benzene rings is 2. The molecule has 1 aliphatic rings. The molecule has 3 heteroatoms. The predicted molar refractivity (Wildman–Crippen MR) is 114 cm³/mol. The Morgan fingerprint density at radius 2 is 1.64 bits per heavy atom. The van der Waals surface area contributed by atoms with Crippen LogP contribution >= 0.6 is 0 Å². The molecule has 0 heterocycles. The SMILES string of the molecule is C[C@@H](c1ccccc1)N(Cc1ccccc1)[C@H]1CCC[C@@H]1C(=O)OC(C)(C)C. The minimum Gasteiger partial charge on any atom is -0.460 e. The van der Waals surface area contributed by atoms with Crippen LogP contribution in [-0.2, 0) is 16.1 Å². The van der Waals surface area contributed by atoms with Crippen LogP contribution in [0.1, 0.15) is 64.1 Å². The molecular weight excluding hydrogens is 346 g/mol. The third kappa shape index (κ3) is 5.23. The molecule has 0 bridgehead atoms. The number of hydrogen-bond donors (Lipinski definition) is 0. The highest BCUT2D eigenvalue weighted by Gasteiger charge is 2.40. The van der Waals surface area contributed by atoms with E-state index in [4.69, 9.17) is 4.74 Å². The Balaban J connectivity index is 1.87. The highest BCUT2D eigenvalue weighted by molar-refractivity contribution is 5.74. The first-order valence-electron chi connectivity index (χ1n) is 10.4. The molecule has 0 spiro atoms. The second kappa shape index (κ2) is 8.91. The van der Waals surface area contributed by atoms with E-state index in [1.807, 2.05) is 26.8 Å². The summed E-state index contributed by atoms with van der Waals surface area (Å²) in [7, 11) is 0. The fourth-order valence-corrected chi connectivity index (χ4v) is 4.25. The number of hydrogen-bond acceptors (Lipinski definition) is 3. The molecule has 2 aromatic carbocycles. The van der Waals surface area contributed by atoms with Crippen molar-refractivity contribution >= 4 is 5.97 Å². The Kier molecular flexibility index (Phi) is 6.56. The Bertz CT molecular complexity index is 751. The monoisotopic (exact) mass is 379 g/mol. The molecule has 0 aromatic heterocycles. The average Bonchev–Trinajstić information content (AvgIpc) is 3.15. The fourth-order valence-electron chi connectivity index (χ4n) is 4.25. The van der Waals surface area contributed by atoms with Crippen molar-refractivity contribution in [3.05, 3.63) is 71.8 Å². The number of nitrogens with zero attached hydrogens (tertiary/aromatic N) is 1. The Morgan fingerprint density at radius 3 is 2.25 bits per heavy atom. The van der Waals surface area contributed by atoms with Crippen LogP contribution in [0.2, 0.25) is 0 Å². The van der Waals surface area contributed by atoms with Gasteiger partial charge in [0.25, 0.3) is 0 Å². The summed E-state index contributed by atoms with van der Waals surface area (Å²) in [6.45, 7) is 8.93. The lowest BCUT2D eigenvalue weighted by Gasteiger charge is -2.38.